The number of nitriles is 1. The van der Waals surface area contributed by atoms with Crippen LogP contribution in [0.3, 0.4) is 0 Å². The van der Waals surface area contributed by atoms with Crippen LogP contribution in [0.5, 0.6) is 0 Å². The molecule has 0 spiro atoms. The van der Waals surface area contributed by atoms with E-state index in [2.05, 4.69) is 26.1 Å². The van der Waals surface area contributed by atoms with Gasteiger partial charge in [-0.15, -0.1) is 0 Å². The van der Waals surface area contributed by atoms with Crippen molar-refractivity contribution in [2.75, 3.05) is 39.4 Å². The van der Waals surface area contributed by atoms with Gasteiger partial charge in [-0.3, -0.25) is 9.69 Å². The number of ether oxygens (including phenoxy) is 1. The van der Waals surface area contributed by atoms with E-state index in [4.69, 9.17) is 4.74 Å². The molecule has 1 aliphatic rings. The molecule has 1 heterocycles. The molecule has 122 valence electrons. The second kappa shape index (κ2) is 9.46. The average Bonchev–Trinajstić information content (AvgIpc) is 2.57. The Morgan fingerprint density at radius 3 is 2.91 bits per heavy atom. The number of hydrogen-bond acceptors (Lipinski definition) is 4. The third-order valence-corrected chi connectivity index (χ3v) is 4.06. The number of morpholine rings is 1. The molecule has 6 heteroatoms. The smallest absolute Gasteiger partial charge is 0.261 e. The van der Waals surface area contributed by atoms with Crippen LogP contribution in [-0.2, 0) is 9.53 Å². The lowest BCUT2D eigenvalue weighted by molar-refractivity contribution is -0.117. The van der Waals surface area contributed by atoms with Crippen molar-refractivity contribution in [2.24, 2.45) is 0 Å². The Morgan fingerprint density at radius 1 is 1.43 bits per heavy atom. The second-order valence-corrected chi connectivity index (χ2v) is 6.20. The van der Waals surface area contributed by atoms with E-state index in [9.17, 15) is 10.1 Å². The summed E-state index contributed by atoms with van der Waals surface area (Å²) < 4.78 is 6.21. The van der Waals surface area contributed by atoms with Gasteiger partial charge in [0.25, 0.3) is 5.91 Å². The maximum Gasteiger partial charge on any atom is 0.261 e. The molecule has 1 aromatic carbocycles. The SMILES string of the molecule is N#C/C(=C/c1cccc(Br)c1)C(=O)NCCCN1CCOCC1. The summed E-state index contributed by atoms with van der Waals surface area (Å²) in [5, 5.41) is 12.0. The summed E-state index contributed by atoms with van der Waals surface area (Å²) in [7, 11) is 0. The molecule has 0 aliphatic carbocycles. The number of halogens is 1. The molecule has 5 nitrogen and oxygen atoms in total. The van der Waals surface area contributed by atoms with Crippen molar-refractivity contribution < 1.29 is 9.53 Å². The number of amides is 1. The van der Waals surface area contributed by atoms with Crippen LogP contribution in [0, 0.1) is 11.3 Å². The van der Waals surface area contributed by atoms with E-state index in [0.717, 1.165) is 49.3 Å². The van der Waals surface area contributed by atoms with Gasteiger partial charge in [-0.25, -0.2) is 0 Å². The van der Waals surface area contributed by atoms with E-state index in [0.29, 0.717) is 6.54 Å². The van der Waals surface area contributed by atoms with Crippen molar-refractivity contribution in [3.8, 4) is 6.07 Å². The highest BCUT2D eigenvalue weighted by atomic mass is 79.9. The van der Waals surface area contributed by atoms with Crippen molar-refractivity contribution in [2.45, 2.75) is 6.42 Å². The predicted octanol–water partition coefficient (Wildman–Crippen LogP) is 2.19. The van der Waals surface area contributed by atoms with Crippen LogP contribution in [0.25, 0.3) is 6.08 Å². The first kappa shape index (κ1) is 17.7. The lowest BCUT2D eigenvalue weighted by atomic mass is 10.1. The maximum absolute atomic E-state index is 12.1. The summed E-state index contributed by atoms with van der Waals surface area (Å²) in [4.78, 5) is 14.4. The lowest BCUT2D eigenvalue weighted by Gasteiger charge is -2.26. The number of carbonyl (C=O) groups is 1. The van der Waals surface area contributed by atoms with Gasteiger partial charge in [-0.05, 0) is 36.7 Å². The third-order valence-electron chi connectivity index (χ3n) is 3.57. The lowest BCUT2D eigenvalue weighted by Crippen LogP contribution is -2.38. The van der Waals surface area contributed by atoms with Crippen molar-refractivity contribution in [3.05, 3.63) is 39.9 Å². The van der Waals surface area contributed by atoms with Gasteiger partial charge in [0.15, 0.2) is 0 Å². The number of nitrogens with one attached hydrogen (secondary N) is 1. The zero-order chi connectivity index (χ0) is 16.5. The van der Waals surface area contributed by atoms with Crippen molar-refractivity contribution in [1.29, 1.82) is 5.26 Å². The zero-order valence-electron chi connectivity index (χ0n) is 12.9. The zero-order valence-corrected chi connectivity index (χ0v) is 14.5. The molecule has 2 rings (SSSR count). The summed E-state index contributed by atoms with van der Waals surface area (Å²) in [6.07, 6.45) is 2.46. The fourth-order valence-corrected chi connectivity index (χ4v) is 2.75. The molecule has 1 fully saturated rings. The van der Waals surface area contributed by atoms with Gasteiger partial charge >= 0.3 is 0 Å². The summed E-state index contributed by atoms with van der Waals surface area (Å²) >= 11 is 3.37. The Labute approximate surface area is 145 Å². The van der Waals surface area contributed by atoms with Gasteiger partial charge < -0.3 is 10.1 Å². The molecular formula is C17H20BrN3O2. The van der Waals surface area contributed by atoms with Gasteiger partial charge in [0, 0.05) is 24.1 Å². The normalized spacial score (nSPS) is 15.9. The average molecular weight is 378 g/mol. The standard InChI is InChI=1S/C17H20BrN3O2/c18-16-4-1-3-14(12-16)11-15(13-19)17(22)20-5-2-6-21-7-9-23-10-8-21/h1,3-4,11-12H,2,5-10H2,(H,20,22)/b15-11-. The minimum Gasteiger partial charge on any atom is -0.379 e. The van der Waals surface area contributed by atoms with Crippen molar-refractivity contribution in [1.82, 2.24) is 10.2 Å². The van der Waals surface area contributed by atoms with E-state index in [1.165, 1.54) is 0 Å². The molecule has 0 atom stereocenters. The number of hydrogen-bond donors (Lipinski definition) is 1. The Kier molecular flexibility index (Phi) is 7.27. The van der Waals surface area contributed by atoms with Gasteiger partial charge in [-0.2, -0.15) is 5.26 Å². The molecule has 0 aromatic heterocycles. The van der Waals surface area contributed by atoms with Gasteiger partial charge in [0.1, 0.15) is 11.6 Å². The third kappa shape index (κ3) is 6.14. The van der Waals surface area contributed by atoms with E-state index in [1.807, 2.05) is 30.3 Å². The van der Waals surface area contributed by atoms with Crippen LogP contribution >= 0.6 is 15.9 Å². The van der Waals surface area contributed by atoms with Crippen molar-refractivity contribution in [3.63, 3.8) is 0 Å². The topological polar surface area (TPSA) is 65.4 Å². The summed E-state index contributed by atoms with van der Waals surface area (Å²) in [5.41, 5.74) is 0.939. The maximum atomic E-state index is 12.1. The summed E-state index contributed by atoms with van der Waals surface area (Å²) in [6, 6.07) is 9.45. The van der Waals surface area contributed by atoms with Crippen LogP contribution in [0.2, 0.25) is 0 Å². The Balaban J connectivity index is 1.79. The molecule has 1 aromatic rings. The molecule has 23 heavy (non-hydrogen) atoms. The first-order valence-corrected chi connectivity index (χ1v) is 8.44. The van der Waals surface area contributed by atoms with Gasteiger partial charge in [-0.1, -0.05) is 28.1 Å². The minimum absolute atomic E-state index is 0.120. The largest absolute Gasteiger partial charge is 0.379 e. The Morgan fingerprint density at radius 2 is 2.22 bits per heavy atom. The van der Waals surface area contributed by atoms with E-state index < -0.39 is 0 Å². The van der Waals surface area contributed by atoms with Gasteiger partial charge in [0.05, 0.1) is 13.2 Å². The Bertz CT molecular complexity index is 604. The highest BCUT2D eigenvalue weighted by molar-refractivity contribution is 9.10. The highest BCUT2D eigenvalue weighted by Crippen LogP contribution is 2.14. The number of benzene rings is 1. The monoisotopic (exact) mass is 377 g/mol. The van der Waals surface area contributed by atoms with E-state index in [-0.39, 0.29) is 11.5 Å². The minimum atomic E-state index is -0.325. The van der Waals surface area contributed by atoms with Crippen LogP contribution in [0.15, 0.2) is 34.3 Å². The second-order valence-electron chi connectivity index (χ2n) is 5.29. The van der Waals surface area contributed by atoms with Crippen LogP contribution < -0.4 is 5.32 Å². The van der Waals surface area contributed by atoms with E-state index >= 15 is 0 Å². The first-order chi connectivity index (χ1) is 11.2. The fourth-order valence-electron chi connectivity index (χ4n) is 2.34. The molecule has 1 N–H and O–H groups in total. The predicted molar refractivity (Wildman–Crippen MR) is 92.6 cm³/mol. The number of carbonyl (C=O) groups excluding carboxylic acids is 1. The van der Waals surface area contributed by atoms with Crippen LogP contribution in [-0.4, -0.2) is 50.2 Å². The molecule has 1 amide bonds. The summed E-state index contributed by atoms with van der Waals surface area (Å²) in [5.74, 6) is -0.325. The quantitative estimate of drug-likeness (QED) is 0.468. The van der Waals surface area contributed by atoms with Crippen LogP contribution in [0.1, 0.15) is 12.0 Å². The summed E-state index contributed by atoms with van der Waals surface area (Å²) in [6.45, 7) is 4.94. The van der Waals surface area contributed by atoms with Gasteiger partial charge in [0.2, 0.25) is 0 Å². The molecule has 0 unspecified atom stereocenters. The highest BCUT2D eigenvalue weighted by Gasteiger charge is 2.11. The molecule has 0 bridgehead atoms. The molecular weight excluding hydrogens is 358 g/mol. The number of nitrogens with zero attached hydrogens (tertiary/aromatic N) is 2. The molecule has 1 saturated heterocycles. The molecule has 1 aliphatic heterocycles. The first-order valence-electron chi connectivity index (χ1n) is 7.65. The van der Waals surface area contributed by atoms with Crippen LogP contribution in [0.4, 0.5) is 0 Å². The molecule has 0 saturated carbocycles. The molecule has 0 radical (unpaired) electrons. The van der Waals surface area contributed by atoms with Crippen molar-refractivity contribution >= 4 is 27.9 Å². The fraction of sp³-hybridized carbons (Fsp3) is 0.412. The van der Waals surface area contributed by atoms with E-state index in [1.54, 1.807) is 6.08 Å². The Hall–Kier alpha value is -1.68. The number of rotatable bonds is 6.